The van der Waals surface area contributed by atoms with E-state index in [9.17, 15) is 8.78 Å². The Morgan fingerprint density at radius 1 is 1.33 bits per heavy atom. The minimum Gasteiger partial charge on any atom is -0.491 e. The van der Waals surface area contributed by atoms with Crippen LogP contribution in [0.3, 0.4) is 0 Å². The topological polar surface area (TPSA) is 9.23 Å². The predicted molar refractivity (Wildman–Crippen MR) is 43.0 cm³/mol. The lowest BCUT2D eigenvalue weighted by atomic mass is 10.2. The molecule has 64 valence electrons. The molecule has 1 nitrogen and oxygen atoms in total. The van der Waals surface area contributed by atoms with E-state index in [0.717, 1.165) is 12.1 Å². The average molecular weight is 170 g/mol. The van der Waals surface area contributed by atoms with Crippen LogP contribution in [0.2, 0.25) is 0 Å². The molecule has 0 radical (unpaired) electrons. The first-order chi connectivity index (χ1) is 5.69. The molecule has 0 aromatic heterocycles. The van der Waals surface area contributed by atoms with Gasteiger partial charge in [0, 0.05) is 0 Å². The third-order valence-corrected chi connectivity index (χ3v) is 1.46. The van der Waals surface area contributed by atoms with Gasteiger partial charge in [-0.3, -0.25) is 0 Å². The van der Waals surface area contributed by atoms with E-state index in [0.29, 0.717) is 5.56 Å². The van der Waals surface area contributed by atoms with Crippen LogP contribution >= 0.6 is 0 Å². The molecule has 1 aromatic carbocycles. The second kappa shape index (κ2) is 3.34. The average Bonchev–Trinajstić information content (AvgIpc) is 2.03. The molecule has 12 heavy (non-hydrogen) atoms. The zero-order chi connectivity index (χ0) is 9.14. The largest absolute Gasteiger partial charge is 0.491 e. The summed E-state index contributed by atoms with van der Waals surface area (Å²) in [5.74, 6) is -1.79. The van der Waals surface area contributed by atoms with E-state index in [1.807, 2.05) is 0 Å². The van der Waals surface area contributed by atoms with Crippen LogP contribution in [0.25, 0.3) is 6.08 Å². The number of halogens is 2. The van der Waals surface area contributed by atoms with Crippen molar-refractivity contribution in [2.24, 2.45) is 0 Å². The molecule has 1 rings (SSSR count). The lowest BCUT2D eigenvalue weighted by Crippen LogP contribution is -1.93. The maximum atomic E-state index is 12.9. The van der Waals surface area contributed by atoms with Gasteiger partial charge in [-0.2, -0.15) is 0 Å². The lowest BCUT2D eigenvalue weighted by molar-refractivity contribution is 0.360. The summed E-state index contributed by atoms with van der Waals surface area (Å²) >= 11 is 0. The number of methoxy groups -OCH3 is 1. The number of rotatable bonds is 2. The molecule has 0 N–H and O–H groups in total. The van der Waals surface area contributed by atoms with Crippen LogP contribution in [-0.2, 0) is 0 Å². The van der Waals surface area contributed by atoms with Crippen molar-refractivity contribution in [2.75, 3.05) is 7.11 Å². The molecule has 3 heteroatoms. The van der Waals surface area contributed by atoms with Gasteiger partial charge in [-0.15, -0.1) is 0 Å². The summed E-state index contributed by atoms with van der Waals surface area (Å²) in [6, 6.07) is 2.32. The van der Waals surface area contributed by atoms with Gasteiger partial charge in [0.1, 0.15) is 0 Å². The molecule has 0 unspecified atom stereocenters. The molecule has 0 aliphatic heterocycles. The zero-order valence-electron chi connectivity index (χ0n) is 6.60. The van der Waals surface area contributed by atoms with Gasteiger partial charge in [-0.25, -0.2) is 8.78 Å². The molecule has 1 aromatic rings. The van der Waals surface area contributed by atoms with Crippen LogP contribution in [0, 0.1) is 11.6 Å². The van der Waals surface area contributed by atoms with Gasteiger partial charge in [0.2, 0.25) is 0 Å². The second-order valence-electron chi connectivity index (χ2n) is 2.22. The fourth-order valence-electron chi connectivity index (χ4n) is 0.892. The van der Waals surface area contributed by atoms with Crippen molar-refractivity contribution in [2.45, 2.75) is 0 Å². The minimum absolute atomic E-state index is 0.361. The summed E-state index contributed by atoms with van der Waals surface area (Å²) in [5.41, 5.74) is 0.394. The van der Waals surface area contributed by atoms with Gasteiger partial charge in [-0.05, 0) is 17.7 Å². The monoisotopic (exact) mass is 170 g/mol. The Morgan fingerprint density at radius 3 is 2.17 bits per heavy atom. The van der Waals surface area contributed by atoms with E-state index >= 15 is 0 Å². The number of ether oxygens (including phenoxy) is 1. The van der Waals surface area contributed by atoms with Crippen LogP contribution in [0.1, 0.15) is 5.56 Å². The Morgan fingerprint density at radius 2 is 1.83 bits per heavy atom. The lowest BCUT2D eigenvalue weighted by Gasteiger charge is -2.03. The van der Waals surface area contributed by atoms with Gasteiger partial charge in [0.15, 0.2) is 17.4 Å². The van der Waals surface area contributed by atoms with Crippen molar-refractivity contribution in [3.63, 3.8) is 0 Å². The third-order valence-electron chi connectivity index (χ3n) is 1.46. The van der Waals surface area contributed by atoms with Gasteiger partial charge in [-0.1, -0.05) is 12.7 Å². The molecule has 0 amide bonds. The molecule has 0 aliphatic carbocycles. The van der Waals surface area contributed by atoms with Crippen molar-refractivity contribution in [1.29, 1.82) is 0 Å². The normalized spacial score (nSPS) is 9.58. The first-order valence-electron chi connectivity index (χ1n) is 3.34. The SMILES string of the molecule is C=Cc1cc(F)c(OC)c(F)c1. The van der Waals surface area contributed by atoms with Crippen LogP contribution < -0.4 is 4.74 Å². The summed E-state index contributed by atoms with van der Waals surface area (Å²) in [5, 5.41) is 0. The minimum atomic E-state index is -0.715. The van der Waals surface area contributed by atoms with E-state index in [1.54, 1.807) is 0 Å². The van der Waals surface area contributed by atoms with Crippen LogP contribution in [0.15, 0.2) is 18.7 Å². The maximum Gasteiger partial charge on any atom is 0.190 e. The van der Waals surface area contributed by atoms with Crippen LogP contribution in [0.5, 0.6) is 5.75 Å². The molecule has 0 atom stereocenters. The van der Waals surface area contributed by atoms with Gasteiger partial charge in [0.25, 0.3) is 0 Å². The Bertz CT molecular complexity index is 284. The van der Waals surface area contributed by atoms with E-state index in [2.05, 4.69) is 11.3 Å². The fraction of sp³-hybridized carbons (Fsp3) is 0.111. The fourth-order valence-corrected chi connectivity index (χ4v) is 0.892. The maximum absolute atomic E-state index is 12.9. The van der Waals surface area contributed by atoms with E-state index < -0.39 is 11.6 Å². The van der Waals surface area contributed by atoms with Crippen LogP contribution in [-0.4, -0.2) is 7.11 Å². The molecular formula is C9H8F2O. The van der Waals surface area contributed by atoms with Gasteiger partial charge in [0.05, 0.1) is 7.11 Å². The summed E-state index contributed by atoms with van der Waals surface area (Å²) in [6.07, 6.45) is 1.37. The Balaban J connectivity index is 3.27. The molecular weight excluding hydrogens is 162 g/mol. The Hall–Kier alpha value is -1.38. The first kappa shape index (κ1) is 8.71. The number of hydrogen-bond donors (Lipinski definition) is 0. The highest BCUT2D eigenvalue weighted by molar-refractivity contribution is 5.49. The van der Waals surface area contributed by atoms with Gasteiger partial charge >= 0.3 is 0 Å². The molecule has 0 fully saturated rings. The standard InChI is InChI=1S/C9H8F2O/c1-3-6-4-7(10)9(12-2)8(11)5-6/h3-5H,1H2,2H3. The molecule has 0 saturated carbocycles. The van der Waals surface area contributed by atoms with Crippen molar-refractivity contribution in [3.05, 3.63) is 35.9 Å². The van der Waals surface area contributed by atoms with E-state index in [-0.39, 0.29) is 5.75 Å². The molecule has 0 spiro atoms. The highest BCUT2D eigenvalue weighted by Crippen LogP contribution is 2.22. The van der Waals surface area contributed by atoms with E-state index in [4.69, 9.17) is 0 Å². The van der Waals surface area contributed by atoms with Crippen molar-refractivity contribution < 1.29 is 13.5 Å². The second-order valence-corrected chi connectivity index (χ2v) is 2.22. The highest BCUT2D eigenvalue weighted by atomic mass is 19.1. The summed E-state index contributed by atoms with van der Waals surface area (Å²) in [4.78, 5) is 0. The molecule has 0 saturated heterocycles. The van der Waals surface area contributed by atoms with E-state index in [1.165, 1.54) is 13.2 Å². The van der Waals surface area contributed by atoms with Crippen molar-refractivity contribution in [3.8, 4) is 5.75 Å². The quantitative estimate of drug-likeness (QED) is 0.662. The van der Waals surface area contributed by atoms with Crippen molar-refractivity contribution in [1.82, 2.24) is 0 Å². The molecule has 0 aliphatic rings. The Labute approximate surface area is 69.3 Å². The summed E-state index contributed by atoms with van der Waals surface area (Å²) in [6.45, 7) is 3.39. The molecule has 0 bridgehead atoms. The zero-order valence-corrected chi connectivity index (χ0v) is 6.60. The number of benzene rings is 1. The van der Waals surface area contributed by atoms with Crippen LogP contribution in [0.4, 0.5) is 8.78 Å². The third kappa shape index (κ3) is 1.44. The van der Waals surface area contributed by atoms with Gasteiger partial charge < -0.3 is 4.74 Å². The summed E-state index contributed by atoms with van der Waals surface area (Å²) in [7, 11) is 1.22. The Kier molecular flexibility index (Phi) is 2.43. The summed E-state index contributed by atoms with van der Waals surface area (Å²) < 4.78 is 30.3. The smallest absolute Gasteiger partial charge is 0.190 e. The van der Waals surface area contributed by atoms with Crippen molar-refractivity contribution >= 4 is 6.08 Å². The predicted octanol–water partition coefficient (Wildman–Crippen LogP) is 2.62. The highest BCUT2D eigenvalue weighted by Gasteiger charge is 2.09. The first-order valence-corrected chi connectivity index (χ1v) is 3.34. The number of hydrogen-bond acceptors (Lipinski definition) is 1. The molecule has 0 heterocycles.